The molecule has 302 valence electrons. The van der Waals surface area contributed by atoms with Crippen molar-refractivity contribution >= 4 is 34.8 Å². The molecule has 2 aromatic carbocycles. The first kappa shape index (κ1) is 37.7. The van der Waals surface area contributed by atoms with Crippen LogP contribution in [-0.2, 0) is 19.1 Å². The third kappa shape index (κ3) is 7.25. The molecule has 0 spiro atoms. The van der Waals surface area contributed by atoms with Gasteiger partial charge in [0.2, 0.25) is 11.8 Å². The van der Waals surface area contributed by atoms with E-state index in [1.54, 1.807) is 12.4 Å². The zero-order valence-electron chi connectivity index (χ0n) is 32.7. The van der Waals surface area contributed by atoms with Crippen molar-refractivity contribution in [1.29, 1.82) is 0 Å². The predicted molar refractivity (Wildman–Crippen MR) is 211 cm³/mol. The lowest BCUT2D eigenvalue weighted by Gasteiger charge is -2.35. The van der Waals surface area contributed by atoms with Gasteiger partial charge in [0, 0.05) is 36.4 Å². The number of aromatic amines is 2. The topological polar surface area (TPSA) is 195 Å². The lowest BCUT2D eigenvalue weighted by Crippen LogP contribution is -2.53. The average molecular weight is 789 g/mol. The molecule has 15 heteroatoms. The molecule has 15 nitrogen and oxygen atoms in total. The van der Waals surface area contributed by atoms with E-state index in [0.29, 0.717) is 55.2 Å². The van der Waals surface area contributed by atoms with Crippen LogP contribution in [0.25, 0.3) is 22.0 Å². The van der Waals surface area contributed by atoms with E-state index in [9.17, 15) is 24.3 Å². The van der Waals surface area contributed by atoms with Gasteiger partial charge in [-0.1, -0.05) is 38.0 Å². The van der Waals surface area contributed by atoms with Crippen molar-refractivity contribution in [3.63, 3.8) is 0 Å². The first-order valence-electron chi connectivity index (χ1n) is 20.3. The molecule has 9 rings (SSSR count). The molecule has 5 aliphatic rings. The lowest BCUT2D eigenvalue weighted by atomic mass is 9.90. The number of benzene rings is 2. The first-order chi connectivity index (χ1) is 28.1. The number of carbonyl (C=O) groups is 4. The number of alkyl carbamates (subject to hydrolysis) is 1. The summed E-state index contributed by atoms with van der Waals surface area (Å²) in [6.45, 7) is 4.85. The highest BCUT2D eigenvalue weighted by Gasteiger charge is 2.57. The Morgan fingerprint density at radius 2 is 1.50 bits per heavy atom. The van der Waals surface area contributed by atoms with Crippen LogP contribution in [0.4, 0.5) is 9.59 Å². The molecule has 5 fully saturated rings. The number of aromatic nitrogens is 4. The van der Waals surface area contributed by atoms with Crippen molar-refractivity contribution in [3.05, 3.63) is 71.7 Å². The van der Waals surface area contributed by atoms with E-state index in [2.05, 4.69) is 49.6 Å². The number of methoxy groups -OCH3 is 1. The molecule has 4 amide bonds. The number of fused-ring (bicyclic) bond motifs is 3. The number of rotatable bonds is 9. The summed E-state index contributed by atoms with van der Waals surface area (Å²) in [5, 5.41) is 16.9. The van der Waals surface area contributed by atoms with Gasteiger partial charge < -0.3 is 45.0 Å². The van der Waals surface area contributed by atoms with Gasteiger partial charge in [-0.05, 0) is 97.1 Å². The van der Waals surface area contributed by atoms with Crippen LogP contribution in [0.15, 0.2) is 48.8 Å². The zero-order chi connectivity index (χ0) is 40.2. The van der Waals surface area contributed by atoms with Crippen LogP contribution >= 0.6 is 0 Å². The summed E-state index contributed by atoms with van der Waals surface area (Å²) >= 11 is 0. The Bertz CT molecular complexity index is 2320. The maximum absolute atomic E-state index is 14.0. The van der Waals surface area contributed by atoms with Gasteiger partial charge in [-0.3, -0.25) is 9.59 Å². The fourth-order valence-corrected chi connectivity index (χ4v) is 9.47. The molecule has 3 aliphatic heterocycles. The number of likely N-dealkylation sites (tertiary alicyclic amines) is 2. The van der Waals surface area contributed by atoms with Crippen LogP contribution in [0, 0.1) is 35.5 Å². The van der Waals surface area contributed by atoms with Crippen LogP contribution in [0.5, 0.6) is 0 Å². The first-order valence-corrected chi connectivity index (χ1v) is 20.3. The molecule has 3 saturated heterocycles. The summed E-state index contributed by atoms with van der Waals surface area (Å²) < 4.78 is 10.3. The Morgan fingerprint density at radius 1 is 0.845 bits per heavy atom. The Labute approximate surface area is 335 Å². The SMILES string of the molecule is COC(=O)NC(C(=O)N1[C@@H]2C[C@@H]2C[C@H]1c1ncc(C#Cc2ccc3cc(-c4cnc([C@@H]5C[C@H]6C[C@H]6N5C(=O)C(NC(=O)O)C5CCOCC5)[nH]4)ccc3c2)[nH]1)C(C)C. The largest absolute Gasteiger partial charge is 0.465 e. The number of ether oxygens (including phenoxy) is 2. The Kier molecular flexibility index (Phi) is 9.83. The van der Waals surface area contributed by atoms with E-state index in [0.717, 1.165) is 53.3 Å². The van der Waals surface area contributed by atoms with Gasteiger partial charge in [-0.15, -0.1) is 0 Å². The number of nitrogens with zero attached hydrogens (tertiary/aromatic N) is 4. The van der Waals surface area contributed by atoms with Crippen LogP contribution in [0.1, 0.15) is 87.4 Å². The number of amides is 4. The van der Waals surface area contributed by atoms with Crippen LogP contribution in [0.3, 0.4) is 0 Å². The molecular formula is C43H48N8O7. The summed E-state index contributed by atoms with van der Waals surface area (Å²) in [5.74, 6) is 8.18. The molecule has 2 aromatic heterocycles. The highest BCUT2D eigenvalue weighted by molar-refractivity contribution is 5.89. The molecule has 2 saturated carbocycles. The van der Waals surface area contributed by atoms with Crippen molar-refractivity contribution in [2.24, 2.45) is 23.7 Å². The minimum atomic E-state index is -1.19. The molecule has 8 atom stereocenters. The van der Waals surface area contributed by atoms with E-state index in [4.69, 9.17) is 14.5 Å². The standard InChI is InChI=1S/C43H48N8O7/c1-22(2)36(49-43(56)57-3)40(52)50-32-16-28(32)18-34(50)38-44-20-30(46-38)9-5-23-4-6-26-15-27(8-7-25(26)14-23)31-21-45-39(47-31)35-19-29-17-33(29)51(35)41(53)37(48-42(54)55)24-10-12-58-13-11-24/h4,6-8,14-15,20-22,24,28-29,32-37,48H,10-13,16-19H2,1-3H3,(H,44,46)(H,45,47)(H,49,56)(H,54,55)/t28-,29-,32-,33-,34+,35+,36?,37?/m1/s1. The van der Waals surface area contributed by atoms with Crippen molar-refractivity contribution in [2.75, 3.05) is 20.3 Å². The van der Waals surface area contributed by atoms with Gasteiger partial charge in [-0.2, -0.15) is 0 Å². The zero-order valence-corrected chi connectivity index (χ0v) is 32.7. The fourth-order valence-electron chi connectivity index (χ4n) is 9.47. The average Bonchev–Trinajstić information content (AvgIpc) is 3.82. The molecule has 0 radical (unpaired) electrons. The quantitative estimate of drug-likeness (QED) is 0.143. The van der Waals surface area contributed by atoms with E-state index < -0.39 is 24.3 Å². The predicted octanol–water partition coefficient (Wildman–Crippen LogP) is 5.12. The minimum absolute atomic E-state index is 0.106. The van der Waals surface area contributed by atoms with E-state index in [1.807, 2.05) is 47.9 Å². The second kappa shape index (κ2) is 15.1. The smallest absolute Gasteiger partial charge is 0.407 e. The summed E-state index contributed by atoms with van der Waals surface area (Å²) in [5.41, 5.74) is 3.29. The van der Waals surface area contributed by atoms with Crippen LogP contribution < -0.4 is 10.6 Å². The Hall–Kier alpha value is -5.88. The van der Waals surface area contributed by atoms with Gasteiger partial charge in [0.15, 0.2) is 0 Å². The number of nitrogens with one attached hydrogen (secondary N) is 4. The van der Waals surface area contributed by atoms with E-state index >= 15 is 0 Å². The molecule has 2 unspecified atom stereocenters. The van der Waals surface area contributed by atoms with Crippen molar-refractivity contribution in [3.8, 4) is 23.1 Å². The molecule has 58 heavy (non-hydrogen) atoms. The number of hydrogen-bond donors (Lipinski definition) is 5. The van der Waals surface area contributed by atoms with Gasteiger partial charge in [-0.25, -0.2) is 19.6 Å². The van der Waals surface area contributed by atoms with E-state index in [1.165, 1.54) is 7.11 Å². The third-order valence-corrected chi connectivity index (χ3v) is 12.7. The minimum Gasteiger partial charge on any atom is -0.465 e. The Morgan fingerprint density at radius 3 is 2.19 bits per heavy atom. The number of hydrogen-bond acceptors (Lipinski definition) is 8. The number of imidazole rings is 2. The summed E-state index contributed by atoms with van der Waals surface area (Å²) in [7, 11) is 1.29. The van der Waals surface area contributed by atoms with Crippen LogP contribution in [0.2, 0.25) is 0 Å². The van der Waals surface area contributed by atoms with Crippen molar-refractivity contribution in [2.45, 2.75) is 88.6 Å². The van der Waals surface area contributed by atoms with Gasteiger partial charge in [0.25, 0.3) is 0 Å². The third-order valence-electron chi connectivity index (χ3n) is 12.7. The van der Waals surface area contributed by atoms with Gasteiger partial charge in [0.1, 0.15) is 29.4 Å². The lowest BCUT2D eigenvalue weighted by molar-refractivity contribution is -0.138. The number of piperidine rings is 2. The number of H-pyrrole nitrogens is 2. The maximum atomic E-state index is 14.0. The second-order valence-electron chi connectivity index (χ2n) is 16.7. The molecule has 4 aromatic rings. The second-order valence-corrected chi connectivity index (χ2v) is 16.7. The van der Waals surface area contributed by atoms with Crippen LogP contribution in [-0.4, -0.2) is 103 Å². The normalized spacial score (nSPS) is 25.7. The van der Waals surface area contributed by atoms with Gasteiger partial charge in [0.05, 0.1) is 37.3 Å². The summed E-state index contributed by atoms with van der Waals surface area (Å²) in [6, 6.07) is 10.6. The molecule has 5 N–H and O–H groups in total. The highest BCUT2D eigenvalue weighted by atomic mass is 16.5. The van der Waals surface area contributed by atoms with Crippen molar-refractivity contribution in [1.82, 2.24) is 40.4 Å². The maximum Gasteiger partial charge on any atom is 0.407 e. The number of carbonyl (C=O) groups excluding carboxylic acids is 3. The summed E-state index contributed by atoms with van der Waals surface area (Å²) in [4.78, 5) is 71.5. The Balaban J connectivity index is 0.881. The van der Waals surface area contributed by atoms with Gasteiger partial charge >= 0.3 is 12.2 Å². The molecule has 5 heterocycles. The van der Waals surface area contributed by atoms with E-state index in [-0.39, 0.29) is 47.8 Å². The highest BCUT2D eigenvalue weighted by Crippen LogP contribution is 2.54. The fraction of sp³-hybridized carbons (Fsp3) is 0.488. The molecular weight excluding hydrogens is 741 g/mol. The summed E-state index contributed by atoms with van der Waals surface area (Å²) in [6.07, 6.45) is 6.47. The number of carboxylic acid groups (broad SMARTS) is 1. The monoisotopic (exact) mass is 788 g/mol. The molecule has 2 aliphatic carbocycles. The van der Waals surface area contributed by atoms with Crippen molar-refractivity contribution < 1.29 is 33.8 Å². The molecule has 0 bridgehead atoms.